The van der Waals surface area contributed by atoms with Crippen LogP contribution in [0.15, 0.2) is 47.2 Å². The summed E-state index contributed by atoms with van der Waals surface area (Å²) in [6, 6.07) is 9.64. The van der Waals surface area contributed by atoms with Crippen molar-refractivity contribution in [1.29, 1.82) is 0 Å². The number of furan rings is 1. The number of aliphatic hydroxyl groups excluding tert-OH is 1. The van der Waals surface area contributed by atoms with Crippen molar-refractivity contribution in [2.45, 2.75) is 31.6 Å². The first-order valence-electron chi connectivity index (χ1n) is 8.93. The molecule has 5 N–H and O–H groups in total. The van der Waals surface area contributed by atoms with Gasteiger partial charge >= 0.3 is 0 Å². The highest BCUT2D eigenvalue weighted by atomic mass is 32.2. The van der Waals surface area contributed by atoms with E-state index in [2.05, 4.69) is 20.2 Å². The number of nitrogens with two attached hydrogens (primary N) is 1. The molecule has 0 spiro atoms. The Morgan fingerprint density at radius 2 is 2.33 bits per heavy atom. The molecular formula is C19H23N5O2S. The highest BCUT2D eigenvalue weighted by Crippen LogP contribution is 2.34. The van der Waals surface area contributed by atoms with E-state index in [-0.39, 0.29) is 5.50 Å². The number of aliphatic hydroxyl groups is 1. The van der Waals surface area contributed by atoms with Gasteiger partial charge in [-0.25, -0.2) is 4.98 Å². The van der Waals surface area contributed by atoms with Crippen molar-refractivity contribution < 1.29 is 9.52 Å². The summed E-state index contributed by atoms with van der Waals surface area (Å²) >= 11 is 1.56. The molecule has 0 amide bonds. The van der Waals surface area contributed by atoms with Gasteiger partial charge in [0.2, 0.25) is 0 Å². The molecule has 142 valence electrons. The van der Waals surface area contributed by atoms with E-state index < -0.39 is 6.23 Å². The fourth-order valence-electron chi connectivity index (χ4n) is 3.19. The van der Waals surface area contributed by atoms with Gasteiger partial charge < -0.3 is 25.1 Å². The van der Waals surface area contributed by atoms with Crippen LogP contribution in [0.2, 0.25) is 0 Å². The maximum absolute atomic E-state index is 10.6. The normalized spacial score (nSPS) is 17.9. The van der Waals surface area contributed by atoms with E-state index >= 15 is 0 Å². The van der Waals surface area contributed by atoms with Crippen LogP contribution in [0.25, 0.3) is 15.9 Å². The summed E-state index contributed by atoms with van der Waals surface area (Å²) in [5.41, 5.74) is 8.21. The third-order valence-corrected chi connectivity index (χ3v) is 5.63. The first kappa shape index (κ1) is 18.1. The average molecular weight is 385 g/mol. The molecule has 0 saturated heterocycles. The Balaban J connectivity index is 1.45. The van der Waals surface area contributed by atoms with Crippen LogP contribution in [-0.4, -0.2) is 26.7 Å². The molecule has 4 rings (SSSR count). The Bertz CT molecular complexity index is 951. The van der Waals surface area contributed by atoms with Gasteiger partial charge in [0, 0.05) is 12.7 Å². The number of nitrogens with zero attached hydrogens (tertiary/aromatic N) is 2. The summed E-state index contributed by atoms with van der Waals surface area (Å²) in [6.07, 6.45) is 3.64. The summed E-state index contributed by atoms with van der Waals surface area (Å²) in [7, 11) is 0. The number of hydrogen-bond acceptors (Lipinski definition) is 7. The number of aromatic nitrogens is 2. The molecule has 0 bridgehead atoms. The molecule has 7 nitrogen and oxygen atoms in total. The highest BCUT2D eigenvalue weighted by molar-refractivity contribution is 8.09. The zero-order valence-electron chi connectivity index (χ0n) is 15.1. The van der Waals surface area contributed by atoms with Gasteiger partial charge in [-0.2, -0.15) is 0 Å². The number of imidazole rings is 1. The minimum atomic E-state index is -0.807. The van der Waals surface area contributed by atoms with E-state index in [9.17, 15) is 5.11 Å². The number of aryl methyl sites for hydroxylation is 2. The quantitative estimate of drug-likeness (QED) is 0.464. The van der Waals surface area contributed by atoms with E-state index in [1.165, 1.54) is 0 Å². The van der Waals surface area contributed by atoms with Crippen LogP contribution >= 0.6 is 11.8 Å². The highest BCUT2D eigenvalue weighted by Gasteiger charge is 2.23. The Hall–Kier alpha value is -2.26. The second-order valence-electron chi connectivity index (χ2n) is 6.42. The maximum Gasteiger partial charge on any atom is 0.141 e. The lowest BCUT2D eigenvalue weighted by Crippen LogP contribution is -2.36. The summed E-state index contributed by atoms with van der Waals surface area (Å²) in [5.74, 6) is 1.77. The molecule has 0 radical (unpaired) electrons. The van der Waals surface area contributed by atoms with Gasteiger partial charge in [0.25, 0.3) is 0 Å². The zero-order chi connectivity index (χ0) is 18.8. The fraction of sp³-hybridized carbons (Fsp3) is 0.316. The van der Waals surface area contributed by atoms with Crippen LogP contribution in [0.1, 0.15) is 29.8 Å². The predicted molar refractivity (Wildman–Crippen MR) is 107 cm³/mol. The van der Waals surface area contributed by atoms with Gasteiger partial charge in [-0.1, -0.05) is 17.8 Å². The number of benzene rings is 1. The van der Waals surface area contributed by atoms with Crippen molar-refractivity contribution in [3.8, 4) is 0 Å². The summed E-state index contributed by atoms with van der Waals surface area (Å²) in [4.78, 5) is 5.62. The Kier molecular flexibility index (Phi) is 5.22. The van der Waals surface area contributed by atoms with Gasteiger partial charge in [-0.05, 0) is 49.7 Å². The predicted octanol–water partition coefficient (Wildman–Crippen LogP) is 2.49. The third kappa shape index (κ3) is 3.74. The summed E-state index contributed by atoms with van der Waals surface area (Å²) in [6.45, 7) is 3.49. The lowest BCUT2D eigenvalue weighted by molar-refractivity contribution is 0.133. The number of fused-ring (bicyclic) bond motifs is 1. The standard InChI is InChI=1S/C19H23N5O2S/c1-12-22-14-10-13(5-6-15(14)24(12)8-3-7-20)18(25)23-19-21-11-17(27-19)16-4-2-9-26-16/h2,4-6,9-11,18-19,21,23,25H,3,7-8,20H2,1H3. The first-order chi connectivity index (χ1) is 13.2. The zero-order valence-corrected chi connectivity index (χ0v) is 15.9. The van der Waals surface area contributed by atoms with E-state index in [0.717, 1.165) is 46.1 Å². The second-order valence-corrected chi connectivity index (χ2v) is 7.57. The first-order valence-corrected chi connectivity index (χ1v) is 9.81. The van der Waals surface area contributed by atoms with Crippen molar-refractivity contribution in [3.63, 3.8) is 0 Å². The third-order valence-electron chi connectivity index (χ3n) is 4.55. The monoisotopic (exact) mass is 385 g/mol. The molecular weight excluding hydrogens is 362 g/mol. The molecule has 1 aliphatic heterocycles. The Morgan fingerprint density at radius 3 is 3.11 bits per heavy atom. The molecule has 3 aromatic rings. The smallest absolute Gasteiger partial charge is 0.141 e. The van der Waals surface area contributed by atoms with Crippen molar-refractivity contribution in [3.05, 3.63) is 59.9 Å². The van der Waals surface area contributed by atoms with E-state index in [4.69, 9.17) is 10.2 Å². The molecule has 8 heteroatoms. The summed E-state index contributed by atoms with van der Waals surface area (Å²) < 4.78 is 7.57. The van der Waals surface area contributed by atoms with Crippen LogP contribution in [0.5, 0.6) is 0 Å². The van der Waals surface area contributed by atoms with Crippen LogP contribution < -0.4 is 16.4 Å². The van der Waals surface area contributed by atoms with Crippen molar-refractivity contribution in [1.82, 2.24) is 20.2 Å². The molecule has 2 unspecified atom stereocenters. The van der Waals surface area contributed by atoms with Gasteiger partial charge in [0.15, 0.2) is 0 Å². The number of hydrogen-bond donors (Lipinski definition) is 4. The van der Waals surface area contributed by atoms with Gasteiger partial charge in [0.1, 0.15) is 23.3 Å². The van der Waals surface area contributed by atoms with Crippen molar-refractivity contribution in [2.24, 2.45) is 5.73 Å². The maximum atomic E-state index is 10.6. The van der Waals surface area contributed by atoms with E-state index in [0.29, 0.717) is 6.54 Å². The number of rotatable bonds is 7. The largest absolute Gasteiger partial charge is 0.464 e. The summed E-state index contributed by atoms with van der Waals surface area (Å²) in [5, 5.41) is 17.0. The average Bonchev–Trinajstić information content (AvgIpc) is 3.39. The SMILES string of the molecule is Cc1nc2cc(C(O)NC3NC=C(c4ccco4)S3)ccc2n1CCCN. The second kappa shape index (κ2) is 7.77. The fourth-order valence-corrected chi connectivity index (χ4v) is 4.14. The Labute approximate surface area is 161 Å². The van der Waals surface area contributed by atoms with Crippen LogP contribution in [0, 0.1) is 6.92 Å². The lowest BCUT2D eigenvalue weighted by atomic mass is 10.1. The van der Waals surface area contributed by atoms with E-state index in [1.807, 2.05) is 43.5 Å². The molecule has 0 aliphatic carbocycles. The molecule has 2 atom stereocenters. The Morgan fingerprint density at radius 1 is 1.44 bits per heavy atom. The van der Waals surface area contributed by atoms with E-state index in [1.54, 1.807) is 18.0 Å². The molecule has 0 fully saturated rings. The molecule has 2 aromatic heterocycles. The van der Waals surface area contributed by atoms with Crippen molar-refractivity contribution >= 4 is 27.7 Å². The number of nitrogens with one attached hydrogen (secondary N) is 2. The van der Waals surface area contributed by atoms with Crippen molar-refractivity contribution in [2.75, 3.05) is 6.54 Å². The van der Waals surface area contributed by atoms with Gasteiger partial charge in [0.05, 0.1) is 22.2 Å². The molecule has 1 aliphatic rings. The topological polar surface area (TPSA) is 101 Å². The van der Waals surface area contributed by atoms with Gasteiger partial charge in [-0.15, -0.1) is 0 Å². The molecule has 0 saturated carbocycles. The number of thioether (sulfide) groups is 1. The minimum absolute atomic E-state index is 0.139. The lowest BCUT2D eigenvalue weighted by Gasteiger charge is -2.19. The molecule has 1 aromatic carbocycles. The molecule has 3 heterocycles. The van der Waals surface area contributed by atoms with Crippen LogP contribution in [-0.2, 0) is 6.54 Å². The van der Waals surface area contributed by atoms with Crippen LogP contribution in [0.4, 0.5) is 0 Å². The minimum Gasteiger partial charge on any atom is -0.464 e. The van der Waals surface area contributed by atoms with Crippen LogP contribution in [0.3, 0.4) is 0 Å². The molecule has 27 heavy (non-hydrogen) atoms. The van der Waals surface area contributed by atoms with Gasteiger partial charge in [-0.3, -0.25) is 5.32 Å².